The summed E-state index contributed by atoms with van der Waals surface area (Å²) in [5.74, 6) is -0.766. The van der Waals surface area contributed by atoms with Gasteiger partial charge in [0, 0.05) is 10.6 Å². The molecule has 1 amide bonds. The van der Waals surface area contributed by atoms with E-state index in [2.05, 4.69) is 5.32 Å². The lowest BCUT2D eigenvalue weighted by Gasteiger charge is -2.14. The number of carbonyl (C=O) groups excluding carboxylic acids is 2. The third-order valence-electron chi connectivity index (χ3n) is 3.38. The molecule has 1 atom stereocenters. The highest BCUT2D eigenvalue weighted by Crippen LogP contribution is 2.22. The molecule has 0 fully saturated rings. The fourth-order valence-corrected chi connectivity index (χ4v) is 2.86. The van der Waals surface area contributed by atoms with Crippen LogP contribution in [0.25, 0.3) is 0 Å². The molecule has 0 aliphatic heterocycles. The number of hydrogen-bond acceptors (Lipinski definition) is 5. The Kier molecular flexibility index (Phi) is 6.61. The number of aryl methyl sites for hydroxylation is 1. The van der Waals surface area contributed by atoms with Crippen LogP contribution in [0.1, 0.15) is 18.1 Å². The van der Waals surface area contributed by atoms with Crippen molar-refractivity contribution in [3.63, 3.8) is 0 Å². The van der Waals surface area contributed by atoms with Crippen LogP contribution in [0.2, 0.25) is 0 Å². The average Bonchev–Trinajstić information content (AvgIpc) is 2.61. The van der Waals surface area contributed by atoms with Gasteiger partial charge in [-0.15, -0.1) is 11.8 Å². The van der Waals surface area contributed by atoms with Gasteiger partial charge in [-0.05, 0) is 43.7 Å². The molecule has 1 N–H and O–H groups in total. The van der Waals surface area contributed by atoms with Gasteiger partial charge in [0.25, 0.3) is 5.91 Å². The summed E-state index contributed by atoms with van der Waals surface area (Å²) in [6.07, 6.45) is -0.921. The van der Waals surface area contributed by atoms with E-state index in [1.54, 1.807) is 24.3 Å². The van der Waals surface area contributed by atoms with Crippen LogP contribution in [0.5, 0.6) is 0 Å². The van der Waals surface area contributed by atoms with Crippen LogP contribution in [0, 0.1) is 18.3 Å². The van der Waals surface area contributed by atoms with Gasteiger partial charge in [0.1, 0.15) is 0 Å². The van der Waals surface area contributed by atoms with E-state index in [-0.39, 0.29) is 5.75 Å². The van der Waals surface area contributed by atoms with E-state index >= 15 is 0 Å². The van der Waals surface area contributed by atoms with Crippen molar-refractivity contribution in [1.82, 2.24) is 0 Å². The molecule has 128 valence electrons. The third kappa shape index (κ3) is 5.66. The minimum atomic E-state index is -0.921. The number of nitriles is 1. The lowest BCUT2D eigenvalue weighted by atomic mass is 10.2. The molecule has 0 bridgehead atoms. The van der Waals surface area contributed by atoms with Crippen molar-refractivity contribution in [3.8, 4) is 6.07 Å². The molecule has 0 saturated heterocycles. The minimum absolute atomic E-state index is 0.131. The summed E-state index contributed by atoms with van der Waals surface area (Å²) >= 11 is 1.38. The van der Waals surface area contributed by atoms with E-state index in [0.717, 1.165) is 10.5 Å². The Morgan fingerprint density at radius 1 is 1.24 bits per heavy atom. The summed E-state index contributed by atoms with van der Waals surface area (Å²) in [6.45, 7) is 3.49. The highest BCUT2D eigenvalue weighted by atomic mass is 32.2. The number of carbonyl (C=O) groups is 2. The molecule has 0 aliphatic carbocycles. The van der Waals surface area contributed by atoms with Crippen molar-refractivity contribution in [2.45, 2.75) is 24.8 Å². The van der Waals surface area contributed by atoms with Gasteiger partial charge in [-0.2, -0.15) is 5.26 Å². The number of anilines is 1. The van der Waals surface area contributed by atoms with Crippen LogP contribution in [0.4, 0.5) is 5.69 Å². The number of hydrogen-bond donors (Lipinski definition) is 1. The Bertz CT molecular complexity index is 814. The SMILES string of the molecule is Cc1ccccc1SCC(=O)O[C@@H](C)C(=O)Nc1cccc(C#N)c1. The number of benzene rings is 2. The topological polar surface area (TPSA) is 79.2 Å². The van der Waals surface area contributed by atoms with Crippen molar-refractivity contribution in [1.29, 1.82) is 5.26 Å². The number of nitrogens with one attached hydrogen (secondary N) is 1. The van der Waals surface area contributed by atoms with E-state index < -0.39 is 18.0 Å². The zero-order valence-corrected chi connectivity index (χ0v) is 14.8. The van der Waals surface area contributed by atoms with Crippen molar-refractivity contribution >= 4 is 29.3 Å². The second-order valence-corrected chi connectivity index (χ2v) is 6.39. The van der Waals surface area contributed by atoms with Gasteiger partial charge < -0.3 is 10.1 Å². The summed E-state index contributed by atoms with van der Waals surface area (Å²) in [6, 6.07) is 16.3. The predicted molar refractivity (Wildman–Crippen MR) is 97.2 cm³/mol. The normalized spacial score (nSPS) is 11.2. The quantitative estimate of drug-likeness (QED) is 0.634. The van der Waals surface area contributed by atoms with Gasteiger partial charge >= 0.3 is 5.97 Å². The molecule has 0 unspecified atom stereocenters. The van der Waals surface area contributed by atoms with Crippen molar-refractivity contribution in [2.75, 3.05) is 11.1 Å². The average molecular weight is 354 g/mol. The first-order valence-electron chi connectivity index (χ1n) is 7.68. The van der Waals surface area contributed by atoms with Crippen molar-refractivity contribution in [3.05, 3.63) is 59.7 Å². The lowest BCUT2D eigenvalue weighted by Crippen LogP contribution is -2.30. The Morgan fingerprint density at radius 2 is 2.00 bits per heavy atom. The minimum Gasteiger partial charge on any atom is -0.452 e. The van der Waals surface area contributed by atoms with Crippen molar-refractivity contribution < 1.29 is 14.3 Å². The molecule has 2 aromatic rings. The van der Waals surface area contributed by atoms with E-state index in [4.69, 9.17) is 10.00 Å². The summed E-state index contributed by atoms with van der Waals surface area (Å²) in [5, 5.41) is 11.5. The molecule has 0 spiro atoms. The van der Waals surface area contributed by atoms with Crippen LogP contribution in [0.15, 0.2) is 53.4 Å². The first-order chi connectivity index (χ1) is 12.0. The van der Waals surface area contributed by atoms with Crippen LogP contribution in [0.3, 0.4) is 0 Å². The molecule has 6 heteroatoms. The summed E-state index contributed by atoms with van der Waals surface area (Å²) in [4.78, 5) is 25.0. The van der Waals surface area contributed by atoms with Crippen LogP contribution in [-0.2, 0) is 14.3 Å². The van der Waals surface area contributed by atoms with E-state index in [1.165, 1.54) is 18.7 Å². The molecule has 0 saturated carbocycles. The fourth-order valence-electron chi connectivity index (χ4n) is 2.05. The fraction of sp³-hybridized carbons (Fsp3) is 0.211. The number of esters is 1. The zero-order chi connectivity index (χ0) is 18.2. The maximum absolute atomic E-state index is 12.1. The Hall–Kier alpha value is -2.78. The summed E-state index contributed by atoms with van der Waals surface area (Å²) in [5.41, 5.74) is 2.02. The van der Waals surface area contributed by atoms with Gasteiger partial charge in [-0.25, -0.2) is 0 Å². The third-order valence-corrected chi connectivity index (χ3v) is 4.52. The molecule has 0 aliphatic rings. The summed E-state index contributed by atoms with van der Waals surface area (Å²) in [7, 11) is 0. The number of amides is 1. The van der Waals surface area contributed by atoms with Gasteiger partial charge in [0.15, 0.2) is 6.10 Å². The first kappa shape index (κ1) is 18.6. The van der Waals surface area contributed by atoms with E-state index in [0.29, 0.717) is 11.3 Å². The number of ether oxygens (including phenoxy) is 1. The number of rotatable bonds is 6. The van der Waals surface area contributed by atoms with Crippen LogP contribution in [-0.4, -0.2) is 23.7 Å². The maximum Gasteiger partial charge on any atom is 0.317 e. The Balaban J connectivity index is 1.84. The van der Waals surface area contributed by atoms with E-state index in [9.17, 15) is 9.59 Å². The highest BCUT2D eigenvalue weighted by Gasteiger charge is 2.18. The standard InChI is InChI=1S/C19H18N2O3S/c1-13-6-3-4-9-17(13)25-12-18(22)24-14(2)19(23)21-16-8-5-7-15(10-16)11-20/h3-10,14H,12H2,1-2H3,(H,21,23)/t14-/m0/s1. The zero-order valence-electron chi connectivity index (χ0n) is 14.0. The predicted octanol–water partition coefficient (Wildman–Crippen LogP) is 3.53. The largest absolute Gasteiger partial charge is 0.452 e. The molecule has 0 radical (unpaired) electrons. The summed E-state index contributed by atoms with van der Waals surface area (Å²) < 4.78 is 5.17. The molecular formula is C19H18N2O3S. The molecule has 0 aromatic heterocycles. The first-order valence-corrected chi connectivity index (χ1v) is 8.67. The van der Waals surface area contributed by atoms with Crippen molar-refractivity contribution in [2.24, 2.45) is 0 Å². The maximum atomic E-state index is 12.1. The van der Waals surface area contributed by atoms with Gasteiger partial charge in [0.2, 0.25) is 0 Å². The Labute approximate surface area is 151 Å². The van der Waals surface area contributed by atoms with Crippen LogP contribution < -0.4 is 5.32 Å². The molecule has 5 nitrogen and oxygen atoms in total. The molecule has 25 heavy (non-hydrogen) atoms. The second-order valence-electron chi connectivity index (χ2n) is 5.37. The number of thioether (sulfide) groups is 1. The molecule has 2 aromatic carbocycles. The lowest BCUT2D eigenvalue weighted by molar-refractivity contribution is -0.150. The Morgan fingerprint density at radius 3 is 2.72 bits per heavy atom. The van der Waals surface area contributed by atoms with Gasteiger partial charge in [-0.3, -0.25) is 9.59 Å². The van der Waals surface area contributed by atoms with Gasteiger partial charge in [-0.1, -0.05) is 24.3 Å². The second kappa shape index (κ2) is 8.90. The molecular weight excluding hydrogens is 336 g/mol. The molecule has 0 heterocycles. The highest BCUT2D eigenvalue weighted by molar-refractivity contribution is 8.00. The van der Waals surface area contributed by atoms with E-state index in [1.807, 2.05) is 37.3 Å². The number of nitrogens with zero attached hydrogens (tertiary/aromatic N) is 1. The smallest absolute Gasteiger partial charge is 0.317 e. The molecule has 2 rings (SSSR count). The van der Waals surface area contributed by atoms with Crippen LogP contribution >= 0.6 is 11.8 Å². The monoisotopic (exact) mass is 354 g/mol. The van der Waals surface area contributed by atoms with Gasteiger partial charge in [0.05, 0.1) is 17.4 Å².